The Balaban J connectivity index is 2.47. The number of aliphatic hydroxyl groups is 1. The van der Waals surface area contributed by atoms with Crippen molar-refractivity contribution >= 4 is 15.8 Å². The normalized spacial score (nSPS) is 15.6. The van der Waals surface area contributed by atoms with E-state index < -0.39 is 38.7 Å². The number of hydrogen-bond acceptors (Lipinski definition) is 5. The Morgan fingerprint density at radius 2 is 1.44 bits per heavy atom. The molecule has 0 aliphatic heterocycles. The molecule has 0 aliphatic carbocycles. The summed E-state index contributed by atoms with van der Waals surface area (Å²) in [6.07, 6.45) is -1.31. The molecular formula is C21H26O5S. The molecule has 0 radical (unpaired) electrons. The lowest BCUT2D eigenvalue weighted by atomic mass is 9.93. The second-order valence-electron chi connectivity index (χ2n) is 7.48. The van der Waals surface area contributed by atoms with E-state index in [1.54, 1.807) is 69.3 Å². The number of hydrogen-bond donors (Lipinski definition) is 1. The summed E-state index contributed by atoms with van der Waals surface area (Å²) in [7, 11) is -3.85. The monoisotopic (exact) mass is 390 g/mol. The molecule has 1 N–H and O–H groups in total. The largest absolute Gasteiger partial charge is 0.460 e. The Morgan fingerprint density at radius 3 is 1.93 bits per heavy atom. The van der Waals surface area contributed by atoms with Gasteiger partial charge in [-0.25, -0.2) is 8.42 Å². The molecule has 27 heavy (non-hydrogen) atoms. The van der Waals surface area contributed by atoms with Crippen LogP contribution in [0.1, 0.15) is 39.4 Å². The van der Waals surface area contributed by atoms with Gasteiger partial charge in [-0.1, -0.05) is 48.5 Å². The molecule has 5 nitrogen and oxygen atoms in total. The van der Waals surface area contributed by atoms with Gasteiger partial charge in [0, 0.05) is 0 Å². The van der Waals surface area contributed by atoms with Crippen molar-refractivity contribution in [1.29, 1.82) is 0 Å². The van der Waals surface area contributed by atoms with Crippen molar-refractivity contribution in [2.45, 2.75) is 49.5 Å². The molecule has 0 unspecified atom stereocenters. The van der Waals surface area contributed by atoms with E-state index in [9.17, 15) is 18.3 Å². The first-order valence-electron chi connectivity index (χ1n) is 8.79. The number of benzene rings is 2. The van der Waals surface area contributed by atoms with Gasteiger partial charge < -0.3 is 9.84 Å². The Kier molecular flexibility index (Phi) is 6.44. The zero-order valence-corrected chi connectivity index (χ0v) is 16.8. The molecule has 0 saturated carbocycles. The van der Waals surface area contributed by atoms with Gasteiger partial charge in [0.15, 0.2) is 9.84 Å². The van der Waals surface area contributed by atoms with Crippen LogP contribution in [0.5, 0.6) is 0 Å². The van der Waals surface area contributed by atoms with Crippen LogP contribution in [-0.4, -0.2) is 30.3 Å². The molecule has 2 rings (SSSR count). The van der Waals surface area contributed by atoms with Crippen LogP contribution in [0.15, 0.2) is 65.6 Å². The summed E-state index contributed by atoms with van der Waals surface area (Å²) < 4.78 is 31.6. The highest BCUT2D eigenvalue weighted by atomic mass is 32.2. The predicted molar refractivity (Wildman–Crippen MR) is 104 cm³/mol. The number of sulfone groups is 1. The Bertz CT molecular complexity index is 854. The van der Waals surface area contributed by atoms with Crippen molar-refractivity contribution in [1.82, 2.24) is 0 Å². The van der Waals surface area contributed by atoms with Gasteiger partial charge in [0.2, 0.25) is 0 Å². The molecule has 2 aromatic rings. The third-order valence-corrected chi connectivity index (χ3v) is 6.43. The van der Waals surface area contributed by atoms with E-state index in [-0.39, 0.29) is 4.90 Å². The Labute approximate surface area is 160 Å². The first-order valence-corrected chi connectivity index (χ1v) is 10.3. The zero-order valence-electron chi connectivity index (χ0n) is 16.0. The van der Waals surface area contributed by atoms with Crippen molar-refractivity contribution in [3.8, 4) is 0 Å². The van der Waals surface area contributed by atoms with Gasteiger partial charge >= 0.3 is 5.97 Å². The maximum Gasteiger partial charge on any atom is 0.313 e. The highest BCUT2D eigenvalue weighted by Gasteiger charge is 2.42. The van der Waals surface area contributed by atoms with Crippen molar-refractivity contribution in [2.24, 2.45) is 5.92 Å². The van der Waals surface area contributed by atoms with Gasteiger partial charge in [0.1, 0.15) is 11.5 Å². The van der Waals surface area contributed by atoms with E-state index in [1.807, 2.05) is 0 Å². The first-order chi connectivity index (χ1) is 12.5. The summed E-state index contributed by atoms with van der Waals surface area (Å²) in [4.78, 5) is 12.9. The maximum absolute atomic E-state index is 13.1. The smallest absolute Gasteiger partial charge is 0.313 e. The quantitative estimate of drug-likeness (QED) is 0.763. The van der Waals surface area contributed by atoms with E-state index >= 15 is 0 Å². The minimum absolute atomic E-state index is 0.103. The number of carbonyl (C=O) groups is 1. The SMILES string of the molecule is C[C@H]([C@H](C(=O)OC(C)(C)C)[C@H](O)c1ccccc1)S(=O)(=O)c1ccccc1. The van der Waals surface area contributed by atoms with Gasteiger partial charge in [-0.2, -0.15) is 0 Å². The average molecular weight is 391 g/mol. The fourth-order valence-corrected chi connectivity index (χ4v) is 4.43. The summed E-state index contributed by atoms with van der Waals surface area (Å²) >= 11 is 0. The van der Waals surface area contributed by atoms with Crippen LogP contribution in [0.25, 0.3) is 0 Å². The van der Waals surface area contributed by atoms with Gasteiger partial charge in [-0.05, 0) is 45.4 Å². The molecule has 0 bridgehead atoms. The van der Waals surface area contributed by atoms with Crippen LogP contribution in [0, 0.1) is 5.92 Å². The molecule has 0 aliphatic rings. The molecule has 0 fully saturated rings. The minimum Gasteiger partial charge on any atom is -0.460 e. The molecule has 0 heterocycles. The molecule has 0 saturated heterocycles. The summed E-state index contributed by atoms with van der Waals surface area (Å²) in [6, 6.07) is 16.5. The third-order valence-electron chi connectivity index (χ3n) is 4.23. The van der Waals surface area contributed by atoms with E-state index in [1.165, 1.54) is 19.1 Å². The molecule has 2 aromatic carbocycles. The van der Waals surface area contributed by atoms with Gasteiger partial charge in [-0.15, -0.1) is 0 Å². The zero-order chi connectivity index (χ0) is 20.2. The predicted octanol–water partition coefficient (Wildman–Crippen LogP) is 3.54. The molecule has 0 aromatic heterocycles. The lowest BCUT2D eigenvalue weighted by molar-refractivity contribution is -0.164. The standard InChI is InChI=1S/C21H26O5S/c1-15(27(24,25)17-13-9-6-10-14-17)18(20(23)26-21(2,3)4)19(22)16-11-7-5-8-12-16/h5-15,18-19,22H,1-4H3/t15-,18+,19-/m1/s1. The molecule has 6 heteroatoms. The molecule has 0 amide bonds. The van der Waals surface area contributed by atoms with E-state index in [0.717, 1.165) is 0 Å². The first kappa shape index (κ1) is 21.1. The lowest BCUT2D eigenvalue weighted by Gasteiger charge is -2.30. The minimum atomic E-state index is -3.85. The maximum atomic E-state index is 13.1. The fraction of sp³-hybridized carbons (Fsp3) is 0.381. The summed E-state index contributed by atoms with van der Waals surface area (Å²) in [5.74, 6) is -2.01. The highest BCUT2D eigenvalue weighted by Crippen LogP contribution is 2.33. The number of aliphatic hydroxyl groups excluding tert-OH is 1. The van der Waals surface area contributed by atoms with Gasteiger partial charge in [0.05, 0.1) is 16.2 Å². The Hall–Kier alpha value is -2.18. The van der Waals surface area contributed by atoms with Crippen molar-refractivity contribution in [3.05, 3.63) is 66.2 Å². The third kappa shape index (κ3) is 5.17. The topological polar surface area (TPSA) is 80.7 Å². The van der Waals surface area contributed by atoms with Crippen LogP contribution in [0.4, 0.5) is 0 Å². The number of ether oxygens (including phenoxy) is 1. The van der Waals surface area contributed by atoms with Crippen LogP contribution in [0.2, 0.25) is 0 Å². The van der Waals surface area contributed by atoms with Crippen molar-refractivity contribution < 1.29 is 23.1 Å². The number of carbonyl (C=O) groups excluding carboxylic acids is 1. The highest BCUT2D eigenvalue weighted by molar-refractivity contribution is 7.92. The van der Waals surface area contributed by atoms with Gasteiger partial charge in [-0.3, -0.25) is 4.79 Å². The fourth-order valence-electron chi connectivity index (χ4n) is 2.82. The van der Waals surface area contributed by atoms with Crippen LogP contribution in [-0.2, 0) is 19.4 Å². The van der Waals surface area contributed by atoms with Crippen LogP contribution >= 0.6 is 0 Å². The second kappa shape index (κ2) is 8.23. The lowest BCUT2D eigenvalue weighted by Crippen LogP contribution is -2.41. The average Bonchev–Trinajstić information content (AvgIpc) is 2.61. The summed E-state index contributed by atoms with van der Waals surface area (Å²) in [5.41, 5.74) is -0.342. The molecule has 0 spiro atoms. The van der Waals surface area contributed by atoms with E-state index in [2.05, 4.69) is 0 Å². The van der Waals surface area contributed by atoms with Crippen LogP contribution in [0.3, 0.4) is 0 Å². The van der Waals surface area contributed by atoms with Crippen molar-refractivity contribution in [2.75, 3.05) is 0 Å². The summed E-state index contributed by atoms with van der Waals surface area (Å²) in [5, 5.41) is 9.69. The van der Waals surface area contributed by atoms with E-state index in [4.69, 9.17) is 4.74 Å². The Morgan fingerprint density at radius 1 is 0.963 bits per heavy atom. The number of esters is 1. The number of rotatable bonds is 6. The molecule has 146 valence electrons. The van der Waals surface area contributed by atoms with Crippen molar-refractivity contribution in [3.63, 3.8) is 0 Å². The molecule has 3 atom stereocenters. The summed E-state index contributed by atoms with van der Waals surface area (Å²) in [6.45, 7) is 6.54. The van der Waals surface area contributed by atoms with E-state index in [0.29, 0.717) is 5.56 Å². The molecular weight excluding hydrogens is 364 g/mol. The van der Waals surface area contributed by atoms with Gasteiger partial charge in [0.25, 0.3) is 0 Å². The van der Waals surface area contributed by atoms with Crippen LogP contribution < -0.4 is 0 Å². The second-order valence-corrected chi connectivity index (χ2v) is 9.78.